The third kappa shape index (κ3) is 4.21. The van der Waals surface area contributed by atoms with Crippen molar-refractivity contribution in [1.82, 2.24) is 9.80 Å². The van der Waals surface area contributed by atoms with E-state index in [1.54, 1.807) is 7.11 Å². The van der Waals surface area contributed by atoms with Crippen LogP contribution in [0.5, 0.6) is 5.75 Å². The van der Waals surface area contributed by atoms with Crippen LogP contribution in [0, 0.1) is 11.3 Å². The summed E-state index contributed by atoms with van der Waals surface area (Å²) in [6, 6.07) is 15.0. The second-order valence-corrected chi connectivity index (χ2v) is 10.9. The molecule has 1 amide bonds. The molecule has 2 aromatic rings. The van der Waals surface area contributed by atoms with E-state index in [4.69, 9.17) is 9.47 Å². The lowest BCUT2D eigenvalue weighted by molar-refractivity contribution is -0.0243. The first-order valence-electron chi connectivity index (χ1n) is 13.2. The third-order valence-corrected chi connectivity index (χ3v) is 9.02. The van der Waals surface area contributed by atoms with E-state index in [1.807, 2.05) is 17.0 Å². The number of carbonyl (C=O) groups is 1. The van der Waals surface area contributed by atoms with E-state index in [2.05, 4.69) is 35.2 Å². The topological polar surface area (TPSA) is 62.2 Å². The molecule has 2 aliphatic carbocycles. The fourth-order valence-electron chi connectivity index (χ4n) is 6.93. The van der Waals surface area contributed by atoms with Crippen LogP contribution in [0.4, 0.5) is 4.79 Å². The molecule has 3 heterocycles. The summed E-state index contributed by atoms with van der Waals surface area (Å²) < 4.78 is 10.8. The van der Waals surface area contributed by atoms with Crippen molar-refractivity contribution in [2.24, 2.45) is 11.3 Å². The summed E-state index contributed by atoms with van der Waals surface area (Å²) in [5.41, 5.74) is 5.04. The lowest BCUT2D eigenvalue weighted by atomic mass is 9.73. The Balaban J connectivity index is 1.29. The van der Waals surface area contributed by atoms with Gasteiger partial charge in [0.2, 0.25) is 0 Å². The van der Waals surface area contributed by atoms with Crippen molar-refractivity contribution in [2.75, 3.05) is 40.0 Å². The molecule has 6 heteroatoms. The molecule has 0 aromatic heterocycles. The molecule has 0 radical (unpaired) electrons. The van der Waals surface area contributed by atoms with Crippen LogP contribution in [0.25, 0.3) is 11.1 Å². The van der Waals surface area contributed by atoms with Crippen LogP contribution < -0.4 is 4.74 Å². The summed E-state index contributed by atoms with van der Waals surface area (Å²) in [7, 11) is 1.67. The van der Waals surface area contributed by atoms with Crippen molar-refractivity contribution >= 4 is 6.09 Å². The largest absolute Gasteiger partial charge is 0.491 e. The van der Waals surface area contributed by atoms with Crippen molar-refractivity contribution in [2.45, 2.75) is 50.6 Å². The standard InChI is InChI=1S/C29H36N2O4/c1-34-16-17-35-24-5-2-20(3-6-24)22-4-7-25-23(18-22)8-11-29(12-13-29)27(25)31(28(32)33)26-19-30-14-9-21(26)10-15-30/h2-7,18,21,26-27H,8-17,19H2,1H3,(H,32,33)/t26-,27?/m1/s1. The Labute approximate surface area is 207 Å². The van der Waals surface area contributed by atoms with Crippen LogP contribution in [-0.2, 0) is 11.2 Å². The third-order valence-electron chi connectivity index (χ3n) is 9.02. The van der Waals surface area contributed by atoms with Crippen LogP contribution in [0.2, 0.25) is 0 Å². The molecule has 3 saturated heterocycles. The number of hydrogen-bond acceptors (Lipinski definition) is 4. The Morgan fingerprint density at radius 3 is 2.43 bits per heavy atom. The number of methoxy groups -OCH3 is 1. The van der Waals surface area contributed by atoms with Gasteiger partial charge in [0, 0.05) is 13.7 Å². The molecule has 1 spiro atoms. The molecule has 186 valence electrons. The second kappa shape index (κ2) is 9.14. The maximum Gasteiger partial charge on any atom is 0.408 e. The smallest absolute Gasteiger partial charge is 0.408 e. The van der Waals surface area contributed by atoms with Crippen LogP contribution in [0.3, 0.4) is 0 Å². The number of amides is 1. The summed E-state index contributed by atoms with van der Waals surface area (Å²) in [6.07, 6.45) is 5.94. The highest BCUT2D eigenvalue weighted by Crippen LogP contribution is 2.63. The SMILES string of the molecule is COCCOc1ccc(-c2ccc3c(c2)CCC2(CC2)C3N(C(=O)O)[C@@H]2CN3CCC2CC3)cc1. The Kier molecular flexibility index (Phi) is 5.97. The maximum atomic E-state index is 12.8. The highest BCUT2D eigenvalue weighted by molar-refractivity contribution is 5.69. The van der Waals surface area contributed by atoms with Crippen molar-refractivity contribution in [3.8, 4) is 16.9 Å². The molecule has 6 nitrogen and oxygen atoms in total. The van der Waals surface area contributed by atoms with Crippen LogP contribution in [-0.4, -0.2) is 67.0 Å². The van der Waals surface area contributed by atoms with Gasteiger partial charge in [-0.2, -0.15) is 0 Å². The van der Waals surface area contributed by atoms with E-state index >= 15 is 0 Å². The zero-order chi connectivity index (χ0) is 24.0. The minimum absolute atomic E-state index is 0.0140. The van der Waals surface area contributed by atoms with Crippen molar-refractivity contribution < 1.29 is 19.4 Å². The average molecular weight is 477 g/mol. The lowest BCUT2D eigenvalue weighted by Gasteiger charge is -2.52. The summed E-state index contributed by atoms with van der Waals surface area (Å²) in [5, 5.41) is 10.5. The number of piperidine rings is 3. The molecular weight excluding hydrogens is 440 g/mol. The number of nitrogens with zero attached hydrogens (tertiary/aromatic N) is 2. The molecule has 5 aliphatic rings. The van der Waals surface area contributed by atoms with Crippen molar-refractivity contribution in [1.29, 1.82) is 0 Å². The van der Waals surface area contributed by atoms with Gasteiger partial charge in [0.25, 0.3) is 0 Å². The first kappa shape index (κ1) is 22.9. The second-order valence-electron chi connectivity index (χ2n) is 10.9. The Bertz CT molecular complexity index is 1070. The molecule has 1 saturated carbocycles. The molecule has 35 heavy (non-hydrogen) atoms. The van der Waals surface area contributed by atoms with Gasteiger partial charge >= 0.3 is 6.09 Å². The molecule has 4 fully saturated rings. The summed E-state index contributed by atoms with van der Waals surface area (Å²) in [6.45, 7) is 4.26. The molecule has 7 rings (SSSR count). The number of carboxylic acid groups (broad SMARTS) is 1. The van der Waals surface area contributed by atoms with E-state index in [0.29, 0.717) is 19.1 Å². The van der Waals surface area contributed by atoms with Gasteiger partial charge in [0.05, 0.1) is 18.7 Å². The summed E-state index contributed by atoms with van der Waals surface area (Å²) in [5.74, 6) is 1.34. The Hall–Kier alpha value is -2.57. The van der Waals surface area contributed by atoms with Crippen LogP contribution >= 0.6 is 0 Å². The molecule has 1 N–H and O–H groups in total. The zero-order valence-electron chi connectivity index (χ0n) is 20.6. The molecular formula is C29H36N2O4. The fraction of sp³-hybridized carbons (Fsp3) is 0.552. The number of rotatable bonds is 7. The number of hydrogen-bond donors (Lipinski definition) is 1. The van der Waals surface area contributed by atoms with Gasteiger partial charge in [-0.05, 0) is 97.3 Å². The zero-order valence-corrected chi connectivity index (χ0v) is 20.6. The van der Waals surface area contributed by atoms with Gasteiger partial charge in [-0.15, -0.1) is 0 Å². The minimum Gasteiger partial charge on any atom is -0.491 e. The first-order chi connectivity index (χ1) is 17.1. The Morgan fingerprint density at radius 1 is 1.06 bits per heavy atom. The highest BCUT2D eigenvalue weighted by atomic mass is 16.5. The van der Waals surface area contributed by atoms with Crippen LogP contribution in [0.1, 0.15) is 49.3 Å². The van der Waals surface area contributed by atoms with Gasteiger partial charge in [0.15, 0.2) is 0 Å². The fourth-order valence-corrected chi connectivity index (χ4v) is 6.93. The van der Waals surface area contributed by atoms with Gasteiger partial charge in [0.1, 0.15) is 12.4 Å². The van der Waals surface area contributed by atoms with E-state index < -0.39 is 6.09 Å². The molecule has 2 atom stereocenters. The maximum absolute atomic E-state index is 12.8. The lowest BCUT2D eigenvalue weighted by Crippen LogP contribution is -2.60. The number of ether oxygens (including phenoxy) is 2. The number of aryl methyl sites for hydroxylation is 1. The normalized spacial score (nSPS) is 27.9. The average Bonchev–Trinajstić information content (AvgIpc) is 3.67. The van der Waals surface area contributed by atoms with E-state index in [0.717, 1.165) is 69.5 Å². The molecule has 2 bridgehead atoms. The van der Waals surface area contributed by atoms with Gasteiger partial charge in [-0.3, -0.25) is 4.90 Å². The van der Waals surface area contributed by atoms with E-state index in [9.17, 15) is 9.90 Å². The first-order valence-corrected chi connectivity index (χ1v) is 13.2. The highest BCUT2D eigenvalue weighted by Gasteiger charge is 2.57. The van der Waals surface area contributed by atoms with Crippen molar-refractivity contribution in [3.05, 3.63) is 53.6 Å². The quantitative estimate of drug-likeness (QED) is 0.555. The minimum atomic E-state index is -0.735. The number of fused-ring (bicyclic) bond motifs is 4. The van der Waals surface area contributed by atoms with Gasteiger partial charge in [-0.25, -0.2) is 4.79 Å². The van der Waals surface area contributed by atoms with E-state index in [-0.39, 0.29) is 17.5 Å². The Morgan fingerprint density at radius 2 is 1.80 bits per heavy atom. The van der Waals surface area contributed by atoms with Gasteiger partial charge in [-0.1, -0.05) is 30.3 Å². The summed E-state index contributed by atoms with van der Waals surface area (Å²) in [4.78, 5) is 17.2. The van der Waals surface area contributed by atoms with Crippen molar-refractivity contribution in [3.63, 3.8) is 0 Å². The molecule has 3 aliphatic heterocycles. The summed E-state index contributed by atoms with van der Waals surface area (Å²) >= 11 is 0. The van der Waals surface area contributed by atoms with E-state index in [1.165, 1.54) is 16.7 Å². The monoisotopic (exact) mass is 476 g/mol. The molecule has 2 aromatic carbocycles. The number of benzene rings is 2. The predicted octanol–water partition coefficient (Wildman–Crippen LogP) is 5.22. The predicted molar refractivity (Wildman–Crippen MR) is 135 cm³/mol. The molecule has 1 unspecified atom stereocenters. The van der Waals surface area contributed by atoms with Crippen LogP contribution in [0.15, 0.2) is 42.5 Å². The van der Waals surface area contributed by atoms with Gasteiger partial charge < -0.3 is 19.5 Å².